The van der Waals surface area contributed by atoms with Crippen molar-refractivity contribution in [2.24, 2.45) is 0 Å². The number of ether oxygens (including phenoxy) is 4. The minimum absolute atomic E-state index is 0.0747. The molecule has 0 spiro atoms. The van der Waals surface area contributed by atoms with Crippen LogP contribution in [0.4, 0.5) is 0 Å². The molecule has 6 nitrogen and oxygen atoms in total. The summed E-state index contributed by atoms with van der Waals surface area (Å²) in [4.78, 5) is 11.7. The lowest BCUT2D eigenvalue weighted by Crippen LogP contribution is -2.41. The maximum Gasteiger partial charge on any atom is 0.325 e. The molecule has 2 fully saturated rings. The average molecular weight is 321 g/mol. The van der Waals surface area contributed by atoms with Gasteiger partial charge in [-0.25, -0.2) is 0 Å². The number of hydrogen-bond acceptors (Lipinski definition) is 6. The van der Waals surface area contributed by atoms with Crippen molar-refractivity contribution in [3.63, 3.8) is 0 Å². The number of rotatable bonds is 7. The molecule has 2 aliphatic heterocycles. The van der Waals surface area contributed by atoms with Gasteiger partial charge in [0.15, 0.2) is 6.29 Å². The quantitative estimate of drug-likeness (QED) is 0.602. The maximum atomic E-state index is 11.7. The Labute approximate surface area is 136 Å². The predicted octanol–water partition coefficient (Wildman–Crippen LogP) is 1.24. The van der Waals surface area contributed by atoms with E-state index in [1.807, 2.05) is 30.3 Å². The van der Waals surface area contributed by atoms with Gasteiger partial charge in [-0.3, -0.25) is 10.1 Å². The normalized spacial score (nSPS) is 29.4. The van der Waals surface area contributed by atoms with Gasteiger partial charge in [-0.2, -0.15) is 0 Å². The standard InChI is InChI=1S/C17H23NO5/c1-20-17(19)15-16-13(10-18-15)22-14(23-16)8-5-9-21-11-12-6-3-2-4-7-12/h2-4,6-7,13-16,18H,5,8-11H2,1H3/t13-,14?,15-,16-/m0/s1. The van der Waals surface area contributed by atoms with Crippen LogP contribution in [0, 0.1) is 0 Å². The molecule has 0 aromatic heterocycles. The van der Waals surface area contributed by atoms with E-state index < -0.39 is 6.04 Å². The van der Waals surface area contributed by atoms with Gasteiger partial charge in [0.05, 0.1) is 13.7 Å². The highest BCUT2D eigenvalue weighted by Gasteiger charge is 2.48. The van der Waals surface area contributed by atoms with Crippen LogP contribution < -0.4 is 5.32 Å². The SMILES string of the molecule is COC(=O)[C@H]1NC[C@@H]2OC(CCCOCc3ccccc3)O[C@@H]21. The molecule has 0 aliphatic carbocycles. The van der Waals surface area contributed by atoms with Crippen molar-refractivity contribution in [1.82, 2.24) is 5.32 Å². The van der Waals surface area contributed by atoms with Crippen LogP contribution in [0.25, 0.3) is 0 Å². The number of nitrogens with one attached hydrogen (secondary N) is 1. The van der Waals surface area contributed by atoms with E-state index in [4.69, 9.17) is 18.9 Å². The third kappa shape index (κ3) is 4.09. The van der Waals surface area contributed by atoms with Crippen LogP contribution in [0.15, 0.2) is 30.3 Å². The maximum absolute atomic E-state index is 11.7. The number of fused-ring (bicyclic) bond motifs is 1. The summed E-state index contributed by atoms with van der Waals surface area (Å²) >= 11 is 0. The molecule has 1 aromatic carbocycles. The minimum atomic E-state index is -0.427. The Morgan fingerprint density at radius 2 is 2.13 bits per heavy atom. The second-order valence-corrected chi connectivity index (χ2v) is 5.79. The Balaban J connectivity index is 1.34. The zero-order valence-electron chi connectivity index (χ0n) is 13.3. The van der Waals surface area contributed by atoms with E-state index in [-0.39, 0.29) is 24.5 Å². The van der Waals surface area contributed by atoms with E-state index in [0.29, 0.717) is 19.8 Å². The summed E-state index contributed by atoms with van der Waals surface area (Å²) in [6.45, 7) is 1.89. The van der Waals surface area contributed by atoms with Gasteiger partial charge in [0.1, 0.15) is 18.2 Å². The molecule has 6 heteroatoms. The molecule has 1 N–H and O–H groups in total. The molecule has 0 bridgehead atoms. The molecule has 0 radical (unpaired) electrons. The molecule has 1 aromatic rings. The van der Waals surface area contributed by atoms with Crippen molar-refractivity contribution < 1.29 is 23.7 Å². The Morgan fingerprint density at radius 1 is 1.30 bits per heavy atom. The molecule has 3 rings (SSSR count). The lowest BCUT2D eigenvalue weighted by molar-refractivity contribution is -0.147. The molecule has 2 aliphatic rings. The molecule has 4 atom stereocenters. The Kier molecular flexibility index (Phi) is 5.61. The first kappa shape index (κ1) is 16.4. The summed E-state index contributed by atoms with van der Waals surface area (Å²) in [6, 6.07) is 9.66. The highest BCUT2D eigenvalue weighted by atomic mass is 16.7. The monoisotopic (exact) mass is 321 g/mol. The van der Waals surface area contributed by atoms with Crippen LogP contribution in [0.3, 0.4) is 0 Å². The first-order chi connectivity index (χ1) is 11.3. The lowest BCUT2D eigenvalue weighted by atomic mass is 10.1. The number of methoxy groups -OCH3 is 1. The summed E-state index contributed by atoms with van der Waals surface area (Å²) in [5.74, 6) is -0.298. The third-order valence-corrected chi connectivity index (χ3v) is 4.16. The largest absolute Gasteiger partial charge is 0.468 e. The fourth-order valence-corrected chi connectivity index (χ4v) is 2.98. The molecule has 1 unspecified atom stereocenters. The molecule has 2 saturated heterocycles. The topological polar surface area (TPSA) is 66.0 Å². The minimum Gasteiger partial charge on any atom is -0.468 e. The van der Waals surface area contributed by atoms with Crippen molar-refractivity contribution in [3.8, 4) is 0 Å². The van der Waals surface area contributed by atoms with Crippen LogP contribution >= 0.6 is 0 Å². The fourth-order valence-electron chi connectivity index (χ4n) is 2.98. The van der Waals surface area contributed by atoms with Crippen LogP contribution in [0.1, 0.15) is 18.4 Å². The van der Waals surface area contributed by atoms with Crippen molar-refractivity contribution in [3.05, 3.63) is 35.9 Å². The summed E-state index contributed by atoms with van der Waals surface area (Å²) in [7, 11) is 1.38. The molecule has 0 saturated carbocycles. The van der Waals surface area contributed by atoms with E-state index in [0.717, 1.165) is 12.8 Å². The van der Waals surface area contributed by atoms with E-state index in [2.05, 4.69) is 5.32 Å². The summed E-state index contributed by atoms with van der Waals surface area (Å²) in [5, 5.41) is 3.08. The van der Waals surface area contributed by atoms with Gasteiger partial charge in [0, 0.05) is 19.6 Å². The van der Waals surface area contributed by atoms with Crippen LogP contribution in [-0.2, 0) is 30.3 Å². The van der Waals surface area contributed by atoms with E-state index in [9.17, 15) is 4.79 Å². The number of benzene rings is 1. The zero-order valence-corrected chi connectivity index (χ0v) is 13.3. The molecular weight excluding hydrogens is 298 g/mol. The second-order valence-electron chi connectivity index (χ2n) is 5.79. The number of carbonyl (C=O) groups is 1. The van der Waals surface area contributed by atoms with Gasteiger partial charge in [0.25, 0.3) is 0 Å². The Bertz CT molecular complexity index is 509. The lowest BCUT2D eigenvalue weighted by Gasteiger charge is -2.16. The molecule has 0 amide bonds. The van der Waals surface area contributed by atoms with Crippen molar-refractivity contribution in [2.45, 2.75) is 44.0 Å². The van der Waals surface area contributed by atoms with Crippen molar-refractivity contribution >= 4 is 5.97 Å². The van der Waals surface area contributed by atoms with Gasteiger partial charge in [-0.1, -0.05) is 30.3 Å². The van der Waals surface area contributed by atoms with Gasteiger partial charge in [-0.15, -0.1) is 0 Å². The van der Waals surface area contributed by atoms with E-state index >= 15 is 0 Å². The van der Waals surface area contributed by atoms with Crippen LogP contribution in [0.2, 0.25) is 0 Å². The van der Waals surface area contributed by atoms with Crippen LogP contribution in [0.5, 0.6) is 0 Å². The highest BCUT2D eigenvalue weighted by molar-refractivity contribution is 5.77. The van der Waals surface area contributed by atoms with Crippen molar-refractivity contribution in [2.75, 3.05) is 20.3 Å². The average Bonchev–Trinajstić information content (AvgIpc) is 3.15. The molecule has 23 heavy (non-hydrogen) atoms. The summed E-state index contributed by atoms with van der Waals surface area (Å²) in [6.07, 6.45) is 1.02. The Morgan fingerprint density at radius 3 is 2.91 bits per heavy atom. The predicted molar refractivity (Wildman–Crippen MR) is 82.7 cm³/mol. The molecule has 126 valence electrons. The van der Waals surface area contributed by atoms with E-state index in [1.165, 1.54) is 12.7 Å². The number of hydrogen-bond donors (Lipinski definition) is 1. The van der Waals surface area contributed by atoms with Gasteiger partial charge < -0.3 is 18.9 Å². The second kappa shape index (κ2) is 7.88. The number of esters is 1. The third-order valence-electron chi connectivity index (χ3n) is 4.16. The zero-order chi connectivity index (χ0) is 16.1. The smallest absolute Gasteiger partial charge is 0.325 e. The Hall–Kier alpha value is -1.47. The summed E-state index contributed by atoms with van der Waals surface area (Å²) < 4.78 is 22.1. The number of carbonyl (C=O) groups excluding carboxylic acids is 1. The van der Waals surface area contributed by atoms with Gasteiger partial charge in [0.2, 0.25) is 0 Å². The summed E-state index contributed by atoms with van der Waals surface area (Å²) in [5.41, 5.74) is 1.17. The first-order valence-corrected chi connectivity index (χ1v) is 8.01. The van der Waals surface area contributed by atoms with E-state index in [1.54, 1.807) is 0 Å². The first-order valence-electron chi connectivity index (χ1n) is 8.01. The van der Waals surface area contributed by atoms with Crippen LogP contribution in [-0.4, -0.2) is 50.8 Å². The fraction of sp³-hybridized carbons (Fsp3) is 0.588. The highest BCUT2D eigenvalue weighted by Crippen LogP contribution is 2.28. The van der Waals surface area contributed by atoms with Gasteiger partial charge in [-0.05, 0) is 12.0 Å². The molecular formula is C17H23NO5. The van der Waals surface area contributed by atoms with Crippen molar-refractivity contribution in [1.29, 1.82) is 0 Å². The van der Waals surface area contributed by atoms with Gasteiger partial charge >= 0.3 is 5.97 Å². The molecule has 2 heterocycles.